The van der Waals surface area contributed by atoms with Gasteiger partial charge >= 0.3 is 0 Å². The van der Waals surface area contributed by atoms with Crippen LogP contribution >= 0.6 is 0 Å². The number of hydrogen-bond acceptors (Lipinski definition) is 3. The highest BCUT2D eigenvalue weighted by Gasteiger charge is 2.22. The lowest BCUT2D eigenvalue weighted by Gasteiger charge is -2.16. The molecule has 0 aliphatic heterocycles. The first kappa shape index (κ1) is 9.90. The Bertz CT molecular complexity index is 593. The standard InChI is InChI=1S/C12H14N2OS/c1-12(2,3)16(15)11-8-9-6-4-5-7-10(9)13-14-11/h4-8H,1-3H3/i8D. The van der Waals surface area contributed by atoms with Gasteiger partial charge in [0.25, 0.3) is 0 Å². The zero-order valence-electron chi connectivity index (χ0n) is 10.5. The lowest BCUT2D eigenvalue weighted by atomic mass is 10.2. The van der Waals surface area contributed by atoms with Crippen molar-refractivity contribution < 1.29 is 5.58 Å². The zero-order chi connectivity index (χ0) is 12.6. The van der Waals surface area contributed by atoms with Crippen molar-refractivity contribution in [1.29, 1.82) is 0 Å². The van der Waals surface area contributed by atoms with Gasteiger partial charge in [-0.15, -0.1) is 10.2 Å². The van der Waals surface area contributed by atoms with Crippen LogP contribution in [0.3, 0.4) is 0 Å². The molecule has 16 heavy (non-hydrogen) atoms. The predicted octanol–water partition coefficient (Wildman–Crippen LogP) is 2.54. The maximum Gasteiger partial charge on any atom is 0.151 e. The highest BCUT2D eigenvalue weighted by molar-refractivity contribution is 7.86. The maximum atomic E-state index is 12.2. The van der Waals surface area contributed by atoms with E-state index in [1.807, 2.05) is 32.9 Å². The van der Waals surface area contributed by atoms with Crippen LogP contribution in [0.4, 0.5) is 0 Å². The summed E-state index contributed by atoms with van der Waals surface area (Å²) in [5, 5.41) is 8.90. The molecule has 1 aromatic heterocycles. The fourth-order valence-electron chi connectivity index (χ4n) is 1.28. The number of rotatable bonds is 1. The van der Waals surface area contributed by atoms with Gasteiger partial charge in [-0.3, -0.25) is 4.21 Å². The molecule has 4 heteroatoms. The molecule has 0 saturated heterocycles. The van der Waals surface area contributed by atoms with Crippen molar-refractivity contribution in [2.24, 2.45) is 0 Å². The molecular formula is C12H14N2OS. The van der Waals surface area contributed by atoms with Crippen molar-refractivity contribution in [2.75, 3.05) is 0 Å². The SMILES string of the molecule is [2H]c1c(S(=O)C(C)(C)C)nnc2ccccc12. The largest absolute Gasteiger partial charge is 0.252 e. The molecule has 84 valence electrons. The smallest absolute Gasteiger partial charge is 0.151 e. The van der Waals surface area contributed by atoms with Crippen molar-refractivity contribution in [1.82, 2.24) is 10.2 Å². The Balaban J connectivity index is 2.65. The summed E-state index contributed by atoms with van der Waals surface area (Å²) in [5.74, 6) is 0. The van der Waals surface area contributed by atoms with Gasteiger partial charge in [0.1, 0.15) is 0 Å². The third-order valence-electron chi connectivity index (χ3n) is 2.13. The molecular weight excluding hydrogens is 220 g/mol. The number of benzene rings is 1. The van der Waals surface area contributed by atoms with Crippen LogP contribution in [0.2, 0.25) is 0 Å². The average Bonchev–Trinajstić information content (AvgIpc) is 2.28. The van der Waals surface area contributed by atoms with Crippen molar-refractivity contribution in [3.63, 3.8) is 0 Å². The summed E-state index contributed by atoms with van der Waals surface area (Å²) in [7, 11) is -1.33. The number of nitrogens with zero attached hydrogens (tertiary/aromatic N) is 2. The van der Waals surface area contributed by atoms with Gasteiger partial charge in [-0.1, -0.05) is 18.2 Å². The molecule has 0 aliphatic carbocycles. The fraction of sp³-hybridized carbons (Fsp3) is 0.333. The molecule has 1 unspecified atom stereocenters. The van der Waals surface area contributed by atoms with Crippen molar-refractivity contribution in [2.45, 2.75) is 30.5 Å². The molecule has 0 bridgehead atoms. The molecule has 2 aromatic rings. The van der Waals surface area contributed by atoms with Gasteiger partial charge in [-0.05, 0) is 32.9 Å². The van der Waals surface area contributed by atoms with E-state index in [9.17, 15) is 4.21 Å². The molecule has 1 aromatic carbocycles. The lowest BCUT2D eigenvalue weighted by molar-refractivity contribution is 0.643. The summed E-state index contributed by atoms with van der Waals surface area (Å²) in [6, 6.07) is 7.49. The quantitative estimate of drug-likeness (QED) is 0.763. The van der Waals surface area contributed by atoms with Gasteiger partial charge in [-0.2, -0.15) is 0 Å². The normalized spacial score (nSPS) is 14.8. The second-order valence-corrected chi connectivity index (χ2v) is 6.68. The van der Waals surface area contributed by atoms with Crippen LogP contribution in [0.1, 0.15) is 22.1 Å². The van der Waals surface area contributed by atoms with Gasteiger partial charge in [0, 0.05) is 10.1 Å². The number of fused-ring (bicyclic) bond motifs is 1. The van der Waals surface area contributed by atoms with Gasteiger partial charge in [0.05, 0.1) is 17.7 Å². The molecule has 0 aliphatic rings. The topological polar surface area (TPSA) is 42.9 Å². The molecule has 0 fully saturated rings. The zero-order valence-corrected chi connectivity index (χ0v) is 10.3. The Hall–Kier alpha value is -1.29. The van der Waals surface area contributed by atoms with Gasteiger partial charge in [0.15, 0.2) is 5.03 Å². The van der Waals surface area contributed by atoms with Crippen LogP contribution in [-0.2, 0) is 10.8 Å². The van der Waals surface area contributed by atoms with E-state index in [1.165, 1.54) is 0 Å². The van der Waals surface area contributed by atoms with E-state index in [-0.39, 0.29) is 11.1 Å². The Morgan fingerprint density at radius 2 is 1.94 bits per heavy atom. The van der Waals surface area contributed by atoms with Crippen LogP contribution in [0.5, 0.6) is 0 Å². The maximum absolute atomic E-state index is 12.2. The fourth-order valence-corrected chi connectivity index (χ4v) is 2.18. The minimum Gasteiger partial charge on any atom is -0.252 e. The van der Waals surface area contributed by atoms with E-state index in [2.05, 4.69) is 10.2 Å². The highest BCUT2D eigenvalue weighted by Crippen LogP contribution is 2.20. The molecule has 0 N–H and O–H groups in total. The van der Waals surface area contributed by atoms with E-state index in [0.717, 1.165) is 0 Å². The molecule has 0 spiro atoms. The van der Waals surface area contributed by atoms with Crippen LogP contribution in [0.15, 0.2) is 35.3 Å². The number of aromatic nitrogens is 2. The molecule has 3 nitrogen and oxygen atoms in total. The first-order valence-corrected chi connectivity index (χ1v) is 6.20. The predicted molar refractivity (Wildman–Crippen MR) is 65.7 cm³/mol. The van der Waals surface area contributed by atoms with Gasteiger partial charge < -0.3 is 0 Å². The first-order valence-electron chi connectivity index (χ1n) is 5.55. The van der Waals surface area contributed by atoms with Crippen LogP contribution in [-0.4, -0.2) is 19.2 Å². The Morgan fingerprint density at radius 3 is 2.62 bits per heavy atom. The Morgan fingerprint density at radius 1 is 1.25 bits per heavy atom. The summed E-state index contributed by atoms with van der Waals surface area (Å²) < 4.78 is 19.8. The van der Waals surface area contributed by atoms with E-state index in [1.54, 1.807) is 12.1 Å². The summed E-state index contributed by atoms with van der Waals surface area (Å²) >= 11 is 0. The second-order valence-electron chi connectivity index (χ2n) is 4.53. The first-order chi connectivity index (χ1) is 7.91. The summed E-state index contributed by atoms with van der Waals surface area (Å²) in [5.41, 5.74) is 0.659. The van der Waals surface area contributed by atoms with Crippen LogP contribution < -0.4 is 0 Å². The van der Waals surface area contributed by atoms with E-state index >= 15 is 0 Å². The molecule has 1 atom stereocenters. The van der Waals surface area contributed by atoms with E-state index in [4.69, 9.17) is 1.37 Å². The van der Waals surface area contributed by atoms with Crippen molar-refractivity contribution in [3.05, 3.63) is 30.3 Å². The Kier molecular flexibility index (Phi) is 2.44. The van der Waals surface area contributed by atoms with E-state index < -0.39 is 15.5 Å². The van der Waals surface area contributed by atoms with Crippen LogP contribution in [0, 0.1) is 0 Å². The molecule has 0 radical (unpaired) electrons. The summed E-state index contributed by atoms with van der Waals surface area (Å²) in [6.45, 7) is 5.58. The minimum absolute atomic E-state index is 0.212. The molecule has 1 heterocycles. The van der Waals surface area contributed by atoms with Gasteiger partial charge in [-0.25, -0.2) is 0 Å². The average molecular weight is 235 g/mol. The second kappa shape index (κ2) is 3.94. The number of hydrogen-bond donors (Lipinski definition) is 0. The summed E-state index contributed by atoms with van der Waals surface area (Å²) in [4.78, 5) is 0. The van der Waals surface area contributed by atoms with Crippen LogP contribution in [0.25, 0.3) is 10.9 Å². The van der Waals surface area contributed by atoms with Crippen molar-refractivity contribution in [3.8, 4) is 0 Å². The molecule has 0 saturated carbocycles. The third kappa shape index (κ3) is 2.11. The molecule has 0 amide bonds. The van der Waals surface area contributed by atoms with Gasteiger partial charge in [0.2, 0.25) is 0 Å². The minimum atomic E-state index is -1.33. The lowest BCUT2D eigenvalue weighted by Crippen LogP contribution is -2.22. The third-order valence-corrected chi connectivity index (χ3v) is 3.77. The molecule has 2 rings (SSSR count). The van der Waals surface area contributed by atoms with Crippen molar-refractivity contribution >= 4 is 21.7 Å². The highest BCUT2D eigenvalue weighted by atomic mass is 32.2. The summed E-state index contributed by atoms with van der Waals surface area (Å²) in [6.07, 6.45) is 0. The Labute approximate surface area is 98.8 Å². The monoisotopic (exact) mass is 235 g/mol. The van der Waals surface area contributed by atoms with E-state index in [0.29, 0.717) is 10.9 Å².